The molecule has 0 spiro atoms. The number of methoxy groups -OCH3 is 1. The number of nitro groups is 1. The van der Waals surface area contributed by atoms with Crippen LogP contribution in [0.4, 0.5) is 11.4 Å². The smallest absolute Gasteiger partial charge is 0.311 e. The van der Waals surface area contributed by atoms with Crippen LogP contribution >= 0.6 is 11.8 Å². The SMILES string of the molecule is CNS(=O)(=O)c1ccc2c(c1)CCN2C(=O)CSCc1ccc(OC)c([N+](=O)[O-])c1. The molecule has 2 aromatic carbocycles. The highest BCUT2D eigenvalue weighted by atomic mass is 32.2. The lowest BCUT2D eigenvalue weighted by molar-refractivity contribution is -0.385. The highest BCUT2D eigenvalue weighted by molar-refractivity contribution is 7.99. The molecular formula is C19H21N3O6S2. The van der Waals surface area contributed by atoms with Crippen LogP contribution in [0.15, 0.2) is 41.3 Å². The summed E-state index contributed by atoms with van der Waals surface area (Å²) in [7, 11) is -0.802. The molecule has 0 atom stereocenters. The Morgan fingerprint density at radius 1 is 1.30 bits per heavy atom. The number of nitrogens with zero attached hydrogens (tertiary/aromatic N) is 2. The van der Waals surface area contributed by atoms with E-state index in [2.05, 4.69) is 4.72 Å². The number of benzene rings is 2. The molecule has 0 saturated heterocycles. The second-order valence-corrected chi connectivity index (χ2v) is 9.42. The molecule has 160 valence electrons. The molecule has 1 aliphatic heterocycles. The van der Waals surface area contributed by atoms with Crippen molar-refractivity contribution in [2.24, 2.45) is 0 Å². The molecule has 1 heterocycles. The van der Waals surface area contributed by atoms with Crippen molar-refractivity contribution in [1.82, 2.24) is 4.72 Å². The predicted octanol–water partition coefficient (Wildman–Crippen LogP) is 2.33. The summed E-state index contributed by atoms with van der Waals surface area (Å²) in [6, 6.07) is 9.46. The van der Waals surface area contributed by atoms with Gasteiger partial charge in [-0.05, 0) is 48.9 Å². The van der Waals surface area contributed by atoms with Crippen molar-refractivity contribution in [1.29, 1.82) is 0 Å². The monoisotopic (exact) mass is 451 g/mol. The third-order valence-electron chi connectivity index (χ3n) is 4.76. The summed E-state index contributed by atoms with van der Waals surface area (Å²) in [4.78, 5) is 25.1. The van der Waals surface area contributed by atoms with Crippen LogP contribution in [0.3, 0.4) is 0 Å². The van der Waals surface area contributed by atoms with Gasteiger partial charge in [-0.2, -0.15) is 0 Å². The molecule has 2 aromatic rings. The Hall–Kier alpha value is -2.63. The van der Waals surface area contributed by atoms with Gasteiger partial charge in [-0.15, -0.1) is 11.8 Å². The minimum absolute atomic E-state index is 0.0917. The Balaban J connectivity index is 1.64. The molecule has 0 unspecified atom stereocenters. The van der Waals surface area contributed by atoms with E-state index >= 15 is 0 Å². The van der Waals surface area contributed by atoms with Crippen molar-refractivity contribution in [2.45, 2.75) is 17.1 Å². The van der Waals surface area contributed by atoms with Crippen molar-refractivity contribution >= 4 is 39.1 Å². The molecule has 3 rings (SSSR count). The first-order valence-electron chi connectivity index (χ1n) is 9.02. The zero-order valence-corrected chi connectivity index (χ0v) is 18.1. The number of ether oxygens (including phenoxy) is 1. The van der Waals surface area contributed by atoms with Gasteiger partial charge in [-0.25, -0.2) is 13.1 Å². The molecule has 30 heavy (non-hydrogen) atoms. The normalized spacial score (nSPS) is 13.2. The lowest BCUT2D eigenvalue weighted by Gasteiger charge is -2.17. The minimum Gasteiger partial charge on any atom is -0.490 e. The van der Waals surface area contributed by atoms with E-state index in [-0.39, 0.29) is 28.0 Å². The van der Waals surface area contributed by atoms with Gasteiger partial charge in [-0.1, -0.05) is 6.07 Å². The first-order chi connectivity index (χ1) is 14.3. The largest absolute Gasteiger partial charge is 0.490 e. The second kappa shape index (κ2) is 9.02. The van der Waals surface area contributed by atoms with E-state index in [0.29, 0.717) is 18.7 Å². The van der Waals surface area contributed by atoms with Crippen LogP contribution in [0.5, 0.6) is 5.75 Å². The van der Waals surface area contributed by atoms with E-state index in [4.69, 9.17) is 4.74 Å². The number of amides is 1. The van der Waals surface area contributed by atoms with Crippen LogP contribution < -0.4 is 14.4 Å². The number of thioether (sulfide) groups is 1. The molecule has 1 amide bonds. The highest BCUT2D eigenvalue weighted by Gasteiger charge is 2.26. The van der Waals surface area contributed by atoms with Gasteiger partial charge >= 0.3 is 5.69 Å². The van der Waals surface area contributed by atoms with Gasteiger partial charge < -0.3 is 9.64 Å². The van der Waals surface area contributed by atoms with Crippen molar-refractivity contribution in [3.8, 4) is 5.75 Å². The number of carbonyl (C=O) groups is 1. The molecule has 0 saturated carbocycles. The molecule has 1 N–H and O–H groups in total. The molecule has 0 fully saturated rings. The molecule has 9 nitrogen and oxygen atoms in total. The molecule has 0 radical (unpaired) electrons. The number of sulfonamides is 1. The van der Waals surface area contributed by atoms with Crippen molar-refractivity contribution in [3.63, 3.8) is 0 Å². The van der Waals surface area contributed by atoms with Crippen LogP contribution in [-0.2, 0) is 27.0 Å². The third-order valence-corrected chi connectivity index (χ3v) is 7.16. The van der Waals surface area contributed by atoms with Gasteiger partial charge in [0.25, 0.3) is 0 Å². The van der Waals surface area contributed by atoms with Crippen LogP contribution in [0, 0.1) is 10.1 Å². The Bertz CT molecular complexity index is 1090. The fraction of sp³-hybridized carbons (Fsp3) is 0.316. The number of nitrogens with one attached hydrogen (secondary N) is 1. The van der Waals surface area contributed by atoms with Gasteiger partial charge in [0.2, 0.25) is 15.9 Å². The maximum atomic E-state index is 12.7. The number of anilines is 1. The average Bonchev–Trinajstić information content (AvgIpc) is 3.17. The number of nitro benzene ring substituents is 1. The fourth-order valence-electron chi connectivity index (χ4n) is 3.22. The second-order valence-electron chi connectivity index (χ2n) is 6.55. The molecule has 0 aliphatic carbocycles. The van der Waals surface area contributed by atoms with E-state index in [0.717, 1.165) is 16.8 Å². The lowest BCUT2D eigenvalue weighted by Crippen LogP contribution is -2.30. The third kappa shape index (κ3) is 4.58. The molecule has 1 aliphatic rings. The van der Waals surface area contributed by atoms with Gasteiger partial charge in [-0.3, -0.25) is 14.9 Å². The summed E-state index contributed by atoms with van der Waals surface area (Å²) < 4.78 is 31.2. The van der Waals surface area contributed by atoms with Crippen LogP contribution in [-0.4, -0.2) is 45.7 Å². The van der Waals surface area contributed by atoms with E-state index in [9.17, 15) is 23.3 Å². The predicted molar refractivity (Wildman–Crippen MR) is 115 cm³/mol. The first kappa shape index (κ1) is 22.1. The van der Waals surface area contributed by atoms with Crippen LogP contribution in [0.1, 0.15) is 11.1 Å². The van der Waals surface area contributed by atoms with E-state index in [1.807, 2.05) is 0 Å². The standard InChI is InChI=1S/C19H21N3O6S2/c1-20-30(26,27)15-4-5-16-14(10-15)7-8-21(16)19(23)12-29-11-13-3-6-18(28-2)17(9-13)22(24)25/h3-6,9-10,20H,7-8,11-12H2,1-2H3. The number of hydrogen-bond donors (Lipinski definition) is 1. The van der Waals surface area contributed by atoms with Crippen LogP contribution in [0.25, 0.3) is 0 Å². The minimum atomic E-state index is -3.53. The molecule has 0 aromatic heterocycles. The average molecular weight is 452 g/mol. The Morgan fingerprint density at radius 2 is 2.07 bits per heavy atom. The topological polar surface area (TPSA) is 119 Å². The maximum Gasteiger partial charge on any atom is 0.311 e. The summed E-state index contributed by atoms with van der Waals surface area (Å²) in [5.74, 6) is 0.746. The number of fused-ring (bicyclic) bond motifs is 1. The number of hydrogen-bond acceptors (Lipinski definition) is 7. The lowest BCUT2D eigenvalue weighted by atomic mass is 10.2. The summed E-state index contributed by atoms with van der Waals surface area (Å²) >= 11 is 1.36. The highest BCUT2D eigenvalue weighted by Crippen LogP contribution is 2.32. The first-order valence-corrected chi connectivity index (χ1v) is 11.7. The number of rotatable bonds is 8. The quantitative estimate of drug-likeness (QED) is 0.483. The van der Waals surface area contributed by atoms with Crippen molar-refractivity contribution in [3.05, 3.63) is 57.6 Å². The maximum absolute atomic E-state index is 12.7. The van der Waals surface area contributed by atoms with E-state index in [1.54, 1.807) is 29.2 Å². The van der Waals surface area contributed by atoms with E-state index < -0.39 is 14.9 Å². The Morgan fingerprint density at radius 3 is 2.73 bits per heavy atom. The molecular weight excluding hydrogens is 430 g/mol. The van der Waals surface area contributed by atoms with Crippen LogP contribution in [0.2, 0.25) is 0 Å². The summed E-state index contributed by atoms with van der Waals surface area (Å²) in [5.41, 5.74) is 2.15. The Kier molecular flexibility index (Phi) is 6.64. The zero-order chi connectivity index (χ0) is 21.9. The summed E-state index contributed by atoms with van der Waals surface area (Å²) in [6.45, 7) is 0.492. The van der Waals surface area contributed by atoms with E-state index in [1.165, 1.54) is 38.1 Å². The van der Waals surface area contributed by atoms with Crippen molar-refractivity contribution < 1.29 is 22.9 Å². The molecule has 11 heteroatoms. The van der Waals surface area contributed by atoms with Gasteiger partial charge in [0.15, 0.2) is 5.75 Å². The van der Waals surface area contributed by atoms with Gasteiger partial charge in [0, 0.05) is 24.1 Å². The summed E-state index contributed by atoms with van der Waals surface area (Å²) in [6.07, 6.45) is 0.587. The summed E-state index contributed by atoms with van der Waals surface area (Å²) in [5, 5.41) is 11.1. The Labute approximate surface area is 178 Å². The van der Waals surface area contributed by atoms with Gasteiger partial charge in [0.1, 0.15) is 0 Å². The van der Waals surface area contributed by atoms with Gasteiger partial charge in [0.05, 0.1) is 22.7 Å². The molecule has 0 bridgehead atoms. The van der Waals surface area contributed by atoms with Crippen molar-refractivity contribution in [2.75, 3.05) is 31.4 Å². The fourth-order valence-corrected chi connectivity index (χ4v) is 4.85. The zero-order valence-electron chi connectivity index (χ0n) is 16.5. The number of carbonyl (C=O) groups excluding carboxylic acids is 1.